The second-order valence-corrected chi connectivity index (χ2v) is 13.0. The van der Waals surface area contributed by atoms with E-state index >= 15 is 0 Å². The maximum Gasteiger partial charge on any atom is 0.472 e. The van der Waals surface area contributed by atoms with Crippen LogP contribution in [0, 0.1) is 16.0 Å². The predicted octanol–water partition coefficient (Wildman–Crippen LogP) is 3.07. The first-order chi connectivity index (χ1) is 19.3. The summed E-state index contributed by atoms with van der Waals surface area (Å²) in [5, 5.41) is 11.3. The number of primary amides is 1. The van der Waals surface area contributed by atoms with Crippen LogP contribution >= 0.6 is 7.82 Å². The molecule has 1 heterocycles. The minimum absolute atomic E-state index is 0.0294. The van der Waals surface area contributed by atoms with E-state index < -0.39 is 53.7 Å². The van der Waals surface area contributed by atoms with E-state index in [-0.39, 0.29) is 41.5 Å². The van der Waals surface area contributed by atoms with Crippen LogP contribution in [0.5, 0.6) is 0 Å². The largest absolute Gasteiger partial charge is 0.472 e. The van der Waals surface area contributed by atoms with Crippen molar-refractivity contribution in [3.8, 4) is 0 Å². The number of hydrogen-bond donors (Lipinski definition) is 3. The lowest BCUT2D eigenvalue weighted by atomic mass is 10.0. The summed E-state index contributed by atoms with van der Waals surface area (Å²) in [5.74, 6) is -0.0294. The number of rotatable bonds is 15. The predicted molar refractivity (Wildman–Crippen MR) is 146 cm³/mol. The molecule has 2 aromatic carbocycles. The third kappa shape index (κ3) is 10.1. The van der Waals surface area contributed by atoms with E-state index in [1.54, 1.807) is 30.3 Å². The summed E-state index contributed by atoms with van der Waals surface area (Å²) in [7, 11) is -9.17. The van der Waals surface area contributed by atoms with E-state index in [9.17, 15) is 32.8 Å². The molecule has 1 aliphatic heterocycles. The fraction of sp³-hybridized carbons (Fsp3) is 0.480. The van der Waals surface area contributed by atoms with E-state index in [2.05, 4.69) is 4.72 Å². The summed E-state index contributed by atoms with van der Waals surface area (Å²) >= 11 is 0. The number of ether oxygens (including phenoxy) is 2. The van der Waals surface area contributed by atoms with Gasteiger partial charge in [0.1, 0.15) is 12.2 Å². The Balaban J connectivity index is 1.92. The highest BCUT2D eigenvalue weighted by Crippen LogP contribution is 2.47. The van der Waals surface area contributed by atoms with Crippen molar-refractivity contribution in [2.45, 2.75) is 56.3 Å². The minimum atomic E-state index is -4.82. The summed E-state index contributed by atoms with van der Waals surface area (Å²) in [6.07, 6.45) is -4.27. The summed E-state index contributed by atoms with van der Waals surface area (Å²) in [4.78, 5) is 32.7. The first-order valence-electron chi connectivity index (χ1n) is 12.8. The minimum Gasteiger partial charge on any atom is -0.443 e. The Kier molecular flexibility index (Phi) is 11.4. The Bertz CT molecular complexity index is 1350. The van der Waals surface area contributed by atoms with Gasteiger partial charge in [0.25, 0.3) is 5.69 Å². The van der Waals surface area contributed by atoms with Crippen molar-refractivity contribution in [1.29, 1.82) is 0 Å². The van der Waals surface area contributed by atoms with Crippen molar-refractivity contribution in [3.63, 3.8) is 0 Å². The van der Waals surface area contributed by atoms with Crippen molar-refractivity contribution in [2.75, 3.05) is 19.8 Å². The number of phosphoric ester groups is 1. The number of amides is 1. The second-order valence-electron chi connectivity index (χ2n) is 9.87. The number of nitrogens with zero attached hydrogens (tertiary/aromatic N) is 1. The lowest BCUT2D eigenvalue weighted by molar-refractivity contribution is -0.385. The number of nitrogens with one attached hydrogen (secondary N) is 1. The highest BCUT2D eigenvalue weighted by atomic mass is 32.2. The maximum absolute atomic E-state index is 13.4. The molecule has 1 aliphatic rings. The number of sulfonamides is 1. The van der Waals surface area contributed by atoms with E-state index in [4.69, 9.17) is 24.3 Å². The van der Waals surface area contributed by atoms with Crippen molar-refractivity contribution >= 4 is 29.6 Å². The maximum atomic E-state index is 13.4. The summed E-state index contributed by atoms with van der Waals surface area (Å²) < 4.78 is 63.1. The molecule has 2 aromatic rings. The number of phosphoric acid groups is 1. The zero-order valence-corrected chi connectivity index (χ0v) is 24.3. The molecular weight excluding hydrogens is 581 g/mol. The SMILES string of the molecule is CC(C)Cc1cc([N+](=O)[O-])ccc1S(=O)(=O)NC[C@@H](OP(=O)(O)OC1CCOC1)[C@H](Cc1ccccc1)OC(N)=O. The van der Waals surface area contributed by atoms with Crippen LogP contribution < -0.4 is 10.5 Å². The number of non-ortho nitro benzene ring substituents is 1. The van der Waals surface area contributed by atoms with Crippen molar-refractivity contribution in [2.24, 2.45) is 11.7 Å². The lowest BCUT2D eigenvalue weighted by Crippen LogP contribution is -2.44. The third-order valence-electron chi connectivity index (χ3n) is 6.05. The van der Waals surface area contributed by atoms with Crippen molar-refractivity contribution in [3.05, 3.63) is 69.8 Å². The number of carbonyl (C=O) groups excluding carboxylic acids is 1. The second kappa shape index (κ2) is 14.3. The molecule has 14 nitrogen and oxygen atoms in total. The summed E-state index contributed by atoms with van der Waals surface area (Å²) in [6.45, 7) is 3.41. The monoisotopic (exact) mass is 615 g/mol. The number of nitro benzene ring substituents is 1. The van der Waals surface area contributed by atoms with Gasteiger partial charge in [0, 0.05) is 31.7 Å². The zero-order chi connectivity index (χ0) is 30.2. The average molecular weight is 616 g/mol. The number of nitrogens with two attached hydrogens (primary N) is 1. The van der Waals surface area contributed by atoms with Crippen LogP contribution in [0.4, 0.5) is 10.5 Å². The molecule has 0 aromatic heterocycles. The fourth-order valence-corrected chi connectivity index (χ4v) is 6.69. The Morgan fingerprint density at radius 3 is 2.51 bits per heavy atom. The summed E-state index contributed by atoms with van der Waals surface area (Å²) in [6, 6.07) is 12.0. The first kappa shape index (κ1) is 32.6. The Morgan fingerprint density at radius 2 is 1.93 bits per heavy atom. The summed E-state index contributed by atoms with van der Waals surface area (Å²) in [5.41, 5.74) is 5.85. The molecule has 0 spiro atoms. The standard InChI is InChI=1S/C25H34N3O11PS/c1-17(2)12-19-14-20(28(30)31)8-9-24(19)41(34,35)27-15-23(39-40(32,33)38-21-10-11-36-16-21)22(37-25(26)29)13-18-6-4-3-5-7-18/h3-9,14,17,21-23,27H,10-13,15-16H2,1-2H3,(H2,26,29)(H,32,33)/t21?,22-,23+/m0/s1. The van der Waals surface area contributed by atoms with Gasteiger partial charge in [-0.2, -0.15) is 0 Å². The lowest BCUT2D eigenvalue weighted by Gasteiger charge is -2.29. The van der Waals surface area contributed by atoms with Crippen LogP contribution in [0.2, 0.25) is 0 Å². The van der Waals surface area contributed by atoms with Crippen LogP contribution in [-0.4, -0.2) is 62.4 Å². The van der Waals surface area contributed by atoms with E-state index in [1.807, 2.05) is 13.8 Å². The number of nitro groups is 1. The molecule has 16 heteroatoms. The molecule has 3 rings (SSSR count). The zero-order valence-electron chi connectivity index (χ0n) is 22.6. The van der Waals surface area contributed by atoms with Gasteiger partial charge in [0.05, 0.1) is 22.5 Å². The molecule has 1 saturated heterocycles. The van der Waals surface area contributed by atoms with Crippen LogP contribution in [0.1, 0.15) is 31.4 Å². The average Bonchev–Trinajstić information content (AvgIpc) is 3.38. The molecule has 2 unspecified atom stereocenters. The van der Waals surface area contributed by atoms with E-state index in [0.29, 0.717) is 18.6 Å². The van der Waals surface area contributed by atoms with Gasteiger partial charge in [-0.1, -0.05) is 44.2 Å². The van der Waals surface area contributed by atoms with Crippen LogP contribution in [0.3, 0.4) is 0 Å². The fourth-order valence-electron chi connectivity index (χ4n) is 4.27. The highest BCUT2D eigenvalue weighted by molar-refractivity contribution is 7.89. The molecule has 0 aliphatic carbocycles. The van der Waals surface area contributed by atoms with Crippen LogP contribution in [0.25, 0.3) is 0 Å². The molecule has 1 fully saturated rings. The molecule has 4 N–H and O–H groups in total. The first-order valence-corrected chi connectivity index (χ1v) is 15.8. The Labute approximate surface area is 237 Å². The Hall–Kier alpha value is -2.91. The number of carbonyl (C=O) groups is 1. The molecule has 226 valence electrons. The molecule has 0 radical (unpaired) electrons. The van der Waals surface area contributed by atoms with Gasteiger partial charge in [-0.15, -0.1) is 0 Å². The number of hydrogen-bond acceptors (Lipinski definition) is 10. The van der Waals surface area contributed by atoms with Gasteiger partial charge in [-0.25, -0.2) is 22.5 Å². The number of benzene rings is 2. The molecule has 4 atom stereocenters. The molecule has 0 bridgehead atoms. The van der Waals surface area contributed by atoms with Crippen LogP contribution in [-0.2, 0) is 46.0 Å². The Morgan fingerprint density at radius 1 is 1.22 bits per heavy atom. The third-order valence-corrected chi connectivity index (χ3v) is 8.67. The quantitative estimate of drug-likeness (QED) is 0.151. The van der Waals surface area contributed by atoms with E-state index in [0.717, 1.165) is 12.1 Å². The van der Waals surface area contributed by atoms with Crippen molar-refractivity contribution < 1.29 is 46.1 Å². The van der Waals surface area contributed by atoms with Gasteiger partial charge in [0.2, 0.25) is 10.0 Å². The van der Waals surface area contributed by atoms with Gasteiger partial charge in [-0.05, 0) is 36.0 Å². The van der Waals surface area contributed by atoms with Crippen molar-refractivity contribution in [1.82, 2.24) is 4.72 Å². The van der Waals surface area contributed by atoms with Gasteiger partial charge >= 0.3 is 13.9 Å². The highest BCUT2D eigenvalue weighted by Gasteiger charge is 2.38. The van der Waals surface area contributed by atoms with Crippen LogP contribution in [0.15, 0.2) is 53.4 Å². The topological polar surface area (TPSA) is 207 Å². The van der Waals surface area contributed by atoms with Gasteiger partial charge < -0.3 is 20.1 Å². The van der Waals surface area contributed by atoms with Gasteiger partial charge in [-0.3, -0.25) is 19.2 Å². The normalized spacial score (nSPS) is 18.5. The molecule has 0 saturated carbocycles. The molecule has 41 heavy (non-hydrogen) atoms. The molecule has 1 amide bonds. The smallest absolute Gasteiger partial charge is 0.443 e. The molecular formula is C25H34N3O11PS. The van der Waals surface area contributed by atoms with E-state index in [1.165, 1.54) is 6.07 Å². The van der Waals surface area contributed by atoms with Gasteiger partial charge in [0.15, 0.2) is 0 Å².